The van der Waals surface area contributed by atoms with Gasteiger partial charge in [0.2, 0.25) is 5.95 Å². The van der Waals surface area contributed by atoms with Crippen molar-refractivity contribution in [2.45, 2.75) is 45.4 Å². The van der Waals surface area contributed by atoms with Gasteiger partial charge in [-0.25, -0.2) is 0 Å². The zero-order chi connectivity index (χ0) is 12.8. The molecule has 0 aromatic carbocycles. The Bertz CT molecular complexity index is 341. The first-order valence-corrected chi connectivity index (χ1v) is 7.19. The van der Waals surface area contributed by atoms with E-state index in [9.17, 15) is 0 Å². The third-order valence-corrected chi connectivity index (χ3v) is 3.77. The van der Waals surface area contributed by atoms with Gasteiger partial charge in [-0.15, -0.1) is 5.10 Å². The Balaban J connectivity index is 1.82. The van der Waals surface area contributed by atoms with Crippen LogP contribution in [0.3, 0.4) is 0 Å². The molecular weight excluding hydrogens is 226 g/mol. The van der Waals surface area contributed by atoms with Crippen LogP contribution in [0, 0.1) is 5.92 Å². The van der Waals surface area contributed by atoms with Gasteiger partial charge in [0.1, 0.15) is 5.82 Å². The maximum atomic E-state index is 5.70. The Hall–Kier alpha value is -1.10. The van der Waals surface area contributed by atoms with Crippen molar-refractivity contribution in [3.8, 4) is 0 Å². The van der Waals surface area contributed by atoms with Crippen molar-refractivity contribution in [2.24, 2.45) is 11.7 Å². The molecule has 18 heavy (non-hydrogen) atoms. The number of unbranched alkanes of at least 4 members (excludes halogenated alkanes) is 2. The molecule has 3 N–H and O–H groups in total. The molecule has 0 radical (unpaired) electrons. The molecule has 102 valence electrons. The summed E-state index contributed by atoms with van der Waals surface area (Å²) in [6, 6.07) is 0. The SMILES string of the molecule is CCCCCc1nc(N2CCC(CN)CC2)n[nH]1. The average molecular weight is 251 g/mol. The third-order valence-electron chi connectivity index (χ3n) is 3.77. The highest BCUT2D eigenvalue weighted by Crippen LogP contribution is 2.19. The van der Waals surface area contributed by atoms with Crippen molar-refractivity contribution in [1.82, 2.24) is 15.2 Å². The van der Waals surface area contributed by atoms with Crippen LogP contribution in [0.4, 0.5) is 5.95 Å². The molecule has 1 aromatic rings. The van der Waals surface area contributed by atoms with Crippen LogP contribution >= 0.6 is 0 Å². The first-order valence-electron chi connectivity index (χ1n) is 7.19. The summed E-state index contributed by atoms with van der Waals surface area (Å²) in [5, 5.41) is 7.39. The Labute approximate surface area is 109 Å². The van der Waals surface area contributed by atoms with Gasteiger partial charge in [-0.3, -0.25) is 5.10 Å². The molecular formula is C13H25N5. The van der Waals surface area contributed by atoms with Crippen molar-refractivity contribution >= 4 is 5.95 Å². The summed E-state index contributed by atoms with van der Waals surface area (Å²) in [4.78, 5) is 6.85. The highest BCUT2D eigenvalue weighted by atomic mass is 15.4. The molecule has 1 aromatic heterocycles. The topological polar surface area (TPSA) is 70.8 Å². The molecule has 0 unspecified atom stereocenters. The summed E-state index contributed by atoms with van der Waals surface area (Å²) < 4.78 is 0. The van der Waals surface area contributed by atoms with Gasteiger partial charge in [0, 0.05) is 19.5 Å². The number of aryl methyl sites for hydroxylation is 1. The second-order valence-electron chi connectivity index (χ2n) is 5.21. The minimum absolute atomic E-state index is 0.684. The van der Waals surface area contributed by atoms with E-state index in [1.165, 1.54) is 19.3 Å². The number of aromatic nitrogens is 3. The number of rotatable bonds is 6. The summed E-state index contributed by atoms with van der Waals surface area (Å²) >= 11 is 0. The minimum atomic E-state index is 0.684. The van der Waals surface area contributed by atoms with Crippen molar-refractivity contribution in [3.63, 3.8) is 0 Å². The average Bonchev–Trinajstić information content (AvgIpc) is 2.88. The lowest BCUT2D eigenvalue weighted by Crippen LogP contribution is -2.36. The fraction of sp³-hybridized carbons (Fsp3) is 0.846. The fourth-order valence-electron chi connectivity index (χ4n) is 2.45. The maximum Gasteiger partial charge on any atom is 0.244 e. The van der Waals surface area contributed by atoms with Crippen LogP contribution < -0.4 is 10.6 Å². The van der Waals surface area contributed by atoms with Crippen molar-refractivity contribution in [3.05, 3.63) is 5.82 Å². The molecule has 1 aliphatic heterocycles. The lowest BCUT2D eigenvalue weighted by Gasteiger charge is -2.30. The molecule has 0 atom stereocenters. The lowest BCUT2D eigenvalue weighted by atomic mass is 9.97. The molecule has 1 saturated heterocycles. The smallest absolute Gasteiger partial charge is 0.244 e. The van der Waals surface area contributed by atoms with E-state index >= 15 is 0 Å². The van der Waals surface area contributed by atoms with E-state index in [-0.39, 0.29) is 0 Å². The van der Waals surface area contributed by atoms with Crippen LogP contribution in [-0.2, 0) is 6.42 Å². The van der Waals surface area contributed by atoms with Crippen LogP contribution in [0.1, 0.15) is 44.9 Å². The Morgan fingerprint density at radius 1 is 1.33 bits per heavy atom. The van der Waals surface area contributed by atoms with Gasteiger partial charge in [-0.1, -0.05) is 19.8 Å². The molecule has 2 heterocycles. The second kappa shape index (κ2) is 6.73. The fourth-order valence-corrected chi connectivity index (χ4v) is 2.45. The monoisotopic (exact) mass is 251 g/mol. The third kappa shape index (κ3) is 3.45. The molecule has 5 nitrogen and oxygen atoms in total. The van der Waals surface area contributed by atoms with E-state index in [1.54, 1.807) is 0 Å². The number of nitrogens with two attached hydrogens (primary N) is 1. The number of nitrogens with one attached hydrogen (secondary N) is 1. The molecule has 0 spiro atoms. The highest BCUT2D eigenvalue weighted by molar-refractivity contribution is 5.29. The van der Waals surface area contributed by atoms with Crippen molar-refractivity contribution in [1.29, 1.82) is 0 Å². The minimum Gasteiger partial charge on any atom is -0.340 e. The zero-order valence-corrected chi connectivity index (χ0v) is 11.4. The van der Waals surface area contributed by atoms with Gasteiger partial charge in [0.25, 0.3) is 0 Å². The van der Waals surface area contributed by atoms with Crippen LogP contribution in [0.15, 0.2) is 0 Å². The number of anilines is 1. The van der Waals surface area contributed by atoms with Crippen molar-refractivity contribution < 1.29 is 0 Å². The van der Waals surface area contributed by atoms with Gasteiger partial charge in [0.05, 0.1) is 0 Å². The number of aromatic amines is 1. The molecule has 2 rings (SSSR count). The zero-order valence-electron chi connectivity index (χ0n) is 11.4. The van der Waals surface area contributed by atoms with E-state index in [0.717, 1.165) is 50.7 Å². The number of piperidine rings is 1. The molecule has 0 aliphatic carbocycles. The van der Waals surface area contributed by atoms with E-state index in [1.807, 2.05) is 0 Å². The first kappa shape index (κ1) is 13.3. The Morgan fingerprint density at radius 3 is 2.78 bits per heavy atom. The van der Waals surface area contributed by atoms with Gasteiger partial charge in [-0.05, 0) is 31.7 Å². The van der Waals surface area contributed by atoms with Crippen LogP contribution in [0.25, 0.3) is 0 Å². The molecule has 1 fully saturated rings. The maximum absolute atomic E-state index is 5.70. The van der Waals surface area contributed by atoms with E-state index in [4.69, 9.17) is 5.73 Å². The molecule has 5 heteroatoms. The summed E-state index contributed by atoms with van der Waals surface area (Å²) in [7, 11) is 0. The number of hydrogen-bond donors (Lipinski definition) is 2. The number of nitrogens with zero attached hydrogens (tertiary/aromatic N) is 3. The normalized spacial score (nSPS) is 17.3. The van der Waals surface area contributed by atoms with Gasteiger partial charge < -0.3 is 10.6 Å². The van der Waals surface area contributed by atoms with Crippen LogP contribution in [0.2, 0.25) is 0 Å². The summed E-state index contributed by atoms with van der Waals surface area (Å²) in [6.45, 7) is 5.10. The summed E-state index contributed by atoms with van der Waals surface area (Å²) in [5.41, 5.74) is 5.70. The Kier molecular flexibility index (Phi) is 4.99. The summed E-state index contributed by atoms with van der Waals surface area (Å²) in [6.07, 6.45) is 7.04. The van der Waals surface area contributed by atoms with Crippen molar-refractivity contribution in [2.75, 3.05) is 24.5 Å². The number of H-pyrrole nitrogens is 1. The van der Waals surface area contributed by atoms with Gasteiger partial charge in [-0.2, -0.15) is 4.98 Å². The van der Waals surface area contributed by atoms with Gasteiger partial charge >= 0.3 is 0 Å². The van der Waals surface area contributed by atoms with Crippen LogP contribution in [-0.4, -0.2) is 34.8 Å². The lowest BCUT2D eigenvalue weighted by molar-refractivity contribution is 0.411. The van der Waals surface area contributed by atoms with Gasteiger partial charge in [0.15, 0.2) is 0 Å². The quantitative estimate of drug-likeness (QED) is 0.755. The van der Waals surface area contributed by atoms with E-state index in [2.05, 4.69) is 27.0 Å². The molecule has 0 bridgehead atoms. The molecule has 0 saturated carbocycles. The van der Waals surface area contributed by atoms with E-state index in [0.29, 0.717) is 5.92 Å². The number of hydrogen-bond acceptors (Lipinski definition) is 4. The Morgan fingerprint density at radius 2 is 2.11 bits per heavy atom. The van der Waals surface area contributed by atoms with Crippen LogP contribution in [0.5, 0.6) is 0 Å². The highest BCUT2D eigenvalue weighted by Gasteiger charge is 2.20. The standard InChI is InChI=1S/C13H25N5/c1-2-3-4-5-12-15-13(17-16-12)18-8-6-11(10-14)7-9-18/h11H,2-10,14H2,1H3,(H,15,16,17). The largest absolute Gasteiger partial charge is 0.340 e. The molecule has 1 aliphatic rings. The molecule has 0 amide bonds. The predicted octanol–water partition coefficient (Wildman–Crippen LogP) is 1.71. The first-order chi connectivity index (χ1) is 8.83. The second-order valence-corrected chi connectivity index (χ2v) is 5.21. The predicted molar refractivity (Wildman–Crippen MR) is 73.6 cm³/mol. The van der Waals surface area contributed by atoms with E-state index < -0.39 is 0 Å². The summed E-state index contributed by atoms with van der Waals surface area (Å²) in [5.74, 6) is 2.58.